The molecule has 1 aromatic carbocycles. The van der Waals surface area contributed by atoms with Crippen LogP contribution in [0.3, 0.4) is 0 Å². The van der Waals surface area contributed by atoms with Crippen molar-refractivity contribution in [3.63, 3.8) is 0 Å². The van der Waals surface area contributed by atoms with Crippen LogP contribution >= 0.6 is 0 Å². The molecule has 0 aromatic heterocycles. The maximum atomic E-state index is 11.3. The highest BCUT2D eigenvalue weighted by atomic mass is 16.4. The minimum atomic E-state index is -1.09. The molecule has 90 valence electrons. The number of rotatable bonds is 3. The van der Waals surface area contributed by atoms with E-state index < -0.39 is 6.09 Å². The summed E-state index contributed by atoms with van der Waals surface area (Å²) in [7, 11) is 0. The van der Waals surface area contributed by atoms with Gasteiger partial charge in [-0.1, -0.05) is 30.3 Å². The van der Waals surface area contributed by atoms with Gasteiger partial charge >= 0.3 is 6.09 Å². The molecular weight excluding hydrogens is 220 g/mol. The normalized spacial score (nSPS) is 23.2. The summed E-state index contributed by atoms with van der Waals surface area (Å²) in [6.45, 7) is 0. The summed E-state index contributed by atoms with van der Waals surface area (Å²) in [5.74, 6) is -0.107. The van der Waals surface area contributed by atoms with Gasteiger partial charge in [-0.25, -0.2) is 4.79 Å². The molecule has 1 saturated heterocycles. The first-order valence-corrected chi connectivity index (χ1v) is 5.48. The second kappa shape index (κ2) is 4.86. The number of amides is 2. The number of carboxylic acid groups (broad SMARTS) is 1. The zero-order valence-corrected chi connectivity index (χ0v) is 9.22. The summed E-state index contributed by atoms with van der Waals surface area (Å²) < 4.78 is 0. The first-order chi connectivity index (χ1) is 8.15. The molecule has 0 unspecified atom stereocenters. The number of carbonyl (C=O) groups excluding carboxylic acids is 1. The molecule has 2 atom stereocenters. The van der Waals surface area contributed by atoms with Crippen LogP contribution in [0.1, 0.15) is 12.0 Å². The fourth-order valence-electron chi connectivity index (χ4n) is 2.08. The monoisotopic (exact) mass is 234 g/mol. The Balaban J connectivity index is 2.03. The third kappa shape index (κ3) is 2.96. The van der Waals surface area contributed by atoms with Crippen molar-refractivity contribution in [3.05, 3.63) is 35.9 Å². The van der Waals surface area contributed by atoms with Crippen molar-refractivity contribution in [1.29, 1.82) is 0 Å². The molecule has 1 fully saturated rings. The molecule has 1 aliphatic rings. The Bertz CT molecular complexity index is 419. The van der Waals surface area contributed by atoms with E-state index in [9.17, 15) is 9.59 Å². The van der Waals surface area contributed by atoms with Crippen LogP contribution in [-0.4, -0.2) is 29.2 Å². The van der Waals surface area contributed by atoms with Gasteiger partial charge in [-0.15, -0.1) is 0 Å². The molecule has 1 heterocycles. The SMILES string of the molecule is O=C(O)N[C@H]1CC(=O)N[C@@H]1Cc1ccccc1. The summed E-state index contributed by atoms with van der Waals surface area (Å²) in [4.78, 5) is 21.9. The lowest BCUT2D eigenvalue weighted by Crippen LogP contribution is -2.44. The lowest BCUT2D eigenvalue weighted by Gasteiger charge is -2.18. The minimum absolute atomic E-state index is 0.107. The van der Waals surface area contributed by atoms with Crippen LogP contribution < -0.4 is 10.6 Å². The maximum Gasteiger partial charge on any atom is 0.404 e. The number of hydrogen-bond acceptors (Lipinski definition) is 2. The second-order valence-corrected chi connectivity index (χ2v) is 4.12. The van der Waals surface area contributed by atoms with Gasteiger partial charge in [-0.3, -0.25) is 4.79 Å². The highest BCUT2D eigenvalue weighted by Gasteiger charge is 2.33. The van der Waals surface area contributed by atoms with E-state index in [1.54, 1.807) is 0 Å². The quantitative estimate of drug-likeness (QED) is 0.722. The third-order valence-electron chi connectivity index (χ3n) is 2.84. The van der Waals surface area contributed by atoms with Gasteiger partial charge in [-0.05, 0) is 12.0 Å². The van der Waals surface area contributed by atoms with Crippen molar-refractivity contribution in [2.24, 2.45) is 0 Å². The molecule has 0 bridgehead atoms. The Hall–Kier alpha value is -2.04. The van der Waals surface area contributed by atoms with E-state index in [1.807, 2.05) is 30.3 Å². The summed E-state index contributed by atoms with van der Waals surface area (Å²) >= 11 is 0. The molecule has 3 N–H and O–H groups in total. The van der Waals surface area contributed by atoms with Gasteiger partial charge in [0.05, 0.1) is 12.1 Å². The van der Waals surface area contributed by atoms with Gasteiger partial charge < -0.3 is 15.7 Å². The zero-order valence-electron chi connectivity index (χ0n) is 9.22. The lowest BCUT2D eigenvalue weighted by molar-refractivity contribution is -0.119. The van der Waals surface area contributed by atoms with Crippen LogP contribution in [0.2, 0.25) is 0 Å². The Morgan fingerprint density at radius 1 is 1.41 bits per heavy atom. The van der Waals surface area contributed by atoms with E-state index in [4.69, 9.17) is 5.11 Å². The predicted octanol–water partition coefficient (Wildman–Crippen LogP) is 0.754. The van der Waals surface area contributed by atoms with Gasteiger partial charge in [0.2, 0.25) is 5.91 Å². The summed E-state index contributed by atoms with van der Waals surface area (Å²) in [6.07, 6.45) is -0.244. The van der Waals surface area contributed by atoms with Crippen LogP contribution in [0.25, 0.3) is 0 Å². The molecule has 0 saturated carbocycles. The largest absolute Gasteiger partial charge is 0.465 e. The van der Waals surface area contributed by atoms with Crippen molar-refractivity contribution in [3.8, 4) is 0 Å². The van der Waals surface area contributed by atoms with Gasteiger partial charge in [0.1, 0.15) is 0 Å². The Morgan fingerprint density at radius 3 is 2.76 bits per heavy atom. The van der Waals surface area contributed by atoms with E-state index >= 15 is 0 Å². The standard InChI is InChI=1S/C12H14N2O3/c15-11-7-10(14-12(16)17)9(13-11)6-8-4-2-1-3-5-8/h1-5,9-10,14H,6-7H2,(H,13,15)(H,16,17)/t9-,10+/m1/s1. The topological polar surface area (TPSA) is 78.4 Å². The molecule has 0 spiro atoms. The molecule has 0 aliphatic carbocycles. The first kappa shape index (κ1) is 11.4. The van der Waals surface area contributed by atoms with Gasteiger partial charge in [-0.2, -0.15) is 0 Å². The fraction of sp³-hybridized carbons (Fsp3) is 0.333. The zero-order chi connectivity index (χ0) is 12.3. The third-order valence-corrected chi connectivity index (χ3v) is 2.84. The van der Waals surface area contributed by atoms with Crippen LogP contribution in [-0.2, 0) is 11.2 Å². The highest BCUT2D eigenvalue weighted by molar-refractivity contribution is 5.81. The first-order valence-electron chi connectivity index (χ1n) is 5.48. The molecule has 2 rings (SSSR count). The van der Waals surface area contributed by atoms with Gasteiger partial charge in [0, 0.05) is 6.42 Å². The molecule has 5 heteroatoms. The summed E-state index contributed by atoms with van der Waals surface area (Å²) in [6, 6.07) is 9.17. The molecule has 1 aliphatic heterocycles. The number of carbonyl (C=O) groups is 2. The predicted molar refractivity (Wildman–Crippen MR) is 61.6 cm³/mol. The average molecular weight is 234 g/mol. The second-order valence-electron chi connectivity index (χ2n) is 4.12. The van der Waals surface area contributed by atoms with E-state index in [0.29, 0.717) is 6.42 Å². The van der Waals surface area contributed by atoms with Crippen molar-refractivity contribution in [1.82, 2.24) is 10.6 Å². The number of hydrogen-bond donors (Lipinski definition) is 3. The van der Waals surface area contributed by atoms with Crippen LogP contribution in [0.5, 0.6) is 0 Å². The van der Waals surface area contributed by atoms with Crippen molar-refractivity contribution < 1.29 is 14.7 Å². The van der Waals surface area contributed by atoms with Gasteiger partial charge in [0.25, 0.3) is 0 Å². The molecule has 0 radical (unpaired) electrons. The Morgan fingerprint density at radius 2 is 2.12 bits per heavy atom. The molecule has 1 aromatic rings. The summed E-state index contributed by atoms with van der Waals surface area (Å²) in [5, 5.41) is 13.9. The molecule has 5 nitrogen and oxygen atoms in total. The van der Waals surface area contributed by atoms with E-state index in [-0.39, 0.29) is 24.4 Å². The Labute approximate surface area is 98.8 Å². The van der Waals surface area contributed by atoms with Crippen LogP contribution in [0.15, 0.2) is 30.3 Å². The highest BCUT2D eigenvalue weighted by Crippen LogP contribution is 2.14. The van der Waals surface area contributed by atoms with Crippen molar-refractivity contribution in [2.45, 2.75) is 24.9 Å². The van der Waals surface area contributed by atoms with Gasteiger partial charge in [0.15, 0.2) is 0 Å². The average Bonchev–Trinajstić information content (AvgIpc) is 2.59. The smallest absolute Gasteiger partial charge is 0.404 e. The minimum Gasteiger partial charge on any atom is -0.465 e. The summed E-state index contributed by atoms with van der Waals surface area (Å²) in [5.41, 5.74) is 1.08. The van der Waals surface area contributed by atoms with E-state index in [0.717, 1.165) is 5.56 Å². The van der Waals surface area contributed by atoms with E-state index in [1.165, 1.54) is 0 Å². The maximum absolute atomic E-state index is 11.3. The van der Waals surface area contributed by atoms with Crippen molar-refractivity contribution in [2.75, 3.05) is 0 Å². The molecule has 17 heavy (non-hydrogen) atoms. The van der Waals surface area contributed by atoms with Crippen LogP contribution in [0, 0.1) is 0 Å². The molecular formula is C12H14N2O3. The fourth-order valence-corrected chi connectivity index (χ4v) is 2.08. The number of benzene rings is 1. The number of nitrogens with one attached hydrogen (secondary N) is 2. The van der Waals surface area contributed by atoms with Crippen molar-refractivity contribution >= 4 is 12.0 Å². The molecule has 2 amide bonds. The van der Waals surface area contributed by atoms with Crippen LogP contribution in [0.4, 0.5) is 4.79 Å². The Kier molecular flexibility index (Phi) is 3.27. The lowest BCUT2D eigenvalue weighted by atomic mass is 10.0. The van der Waals surface area contributed by atoms with E-state index in [2.05, 4.69) is 10.6 Å².